The lowest BCUT2D eigenvalue weighted by molar-refractivity contribution is -0.134. The van der Waals surface area contributed by atoms with Gasteiger partial charge < -0.3 is 15.7 Å². The predicted molar refractivity (Wildman–Crippen MR) is 91.7 cm³/mol. The molecule has 1 aliphatic carbocycles. The number of carbonyl (C=O) groups is 1. The average Bonchev–Trinajstić information content (AvgIpc) is 2.96. The highest BCUT2D eigenvalue weighted by Gasteiger charge is 2.49. The summed E-state index contributed by atoms with van der Waals surface area (Å²) < 4.78 is 0. The SMILES string of the molecule is O=C(NCC(O)c1cc(Cl)cc(Cl)c1)[C@@]12CCCC[C@H]1CNC2. The second-order valence-corrected chi connectivity index (χ2v) is 7.53. The van der Waals surface area contributed by atoms with E-state index >= 15 is 0 Å². The van der Waals surface area contributed by atoms with Crippen LogP contribution in [0.1, 0.15) is 37.4 Å². The monoisotopic (exact) mass is 356 g/mol. The summed E-state index contributed by atoms with van der Waals surface area (Å²) in [6.45, 7) is 1.83. The zero-order chi connectivity index (χ0) is 16.4. The molecular weight excluding hydrogens is 335 g/mol. The predicted octanol–water partition coefficient (Wildman–Crippen LogP) is 2.92. The highest BCUT2D eigenvalue weighted by molar-refractivity contribution is 6.34. The smallest absolute Gasteiger partial charge is 0.227 e. The zero-order valence-electron chi connectivity index (χ0n) is 12.9. The van der Waals surface area contributed by atoms with E-state index in [1.54, 1.807) is 18.2 Å². The van der Waals surface area contributed by atoms with Gasteiger partial charge in [-0.2, -0.15) is 0 Å². The van der Waals surface area contributed by atoms with Crippen LogP contribution in [0.5, 0.6) is 0 Å². The number of carbonyl (C=O) groups excluding carboxylic acids is 1. The van der Waals surface area contributed by atoms with Crippen LogP contribution >= 0.6 is 23.2 Å². The van der Waals surface area contributed by atoms with Crippen molar-refractivity contribution in [2.75, 3.05) is 19.6 Å². The normalized spacial score (nSPS) is 28.2. The van der Waals surface area contributed by atoms with Crippen LogP contribution in [0, 0.1) is 11.3 Å². The highest BCUT2D eigenvalue weighted by Crippen LogP contribution is 2.43. The van der Waals surface area contributed by atoms with E-state index in [1.807, 2.05) is 0 Å². The van der Waals surface area contributed by atoms with Crippen molar-refractivity contribution in [3.8, 4) is 0 Å². The van der Waals surface area contributed by atoms with E-state index in [2.05, 4.69) is 10.6 Å². The molecule has 1 unspecified atom stereocenters. The van der Waals surface area contributed by atoms with E-state index in [4.69, 9.17) is 23.2 Å². The van der Waals surface area contributed by atoms with Crippen molar-refractivity contribution in [1.29, 1.82) is 0 Å². The fourth-order valence-electron chi connectivity index (χ4n) is 3.94. The number of fused-ring (bicyclic) bond motifs is 1. The van der Waals surface area contributed by atoms with Gasteiger partial charge in [0, 0.05) is 23.1 Å². The molecule has 3 atom stereocenters. The molecule has 0 spiro atoms. The summed E-state index contributed by atoms with van der Waals surface area (Å²) in [6, 6.07) is 4.96. The Morgan fingerprint density at radius 2 is 2.09 bits per heavy atom. The van der Waals surface area contributed by atoms with Crippen LogP contribution in [-0.4, -0.2) is 30.6 Å². The molecule has 1 saturated carbocycles. The van der Waals surface area contributed by atoms with Gasteiger partial charge in [0.05, 0.1) is 11.5 Å². The summed E-state index contributed by atoms with van der Waals surface area (Å²) in [6.07, 6.45) is 3.51. The molecule has 0 radical (unpaired) electrons. The summed E-state index contributed by atoms with van der Waals surface area (Å²) in [5.41, 5.74) is 0.314. The second-order valence-electron chi connectivity index (χ2n) is 6.66. The Morgan fingerprint density at radius 1 is 1.35 bits per heavy atom. The number of nitrogens with one attached hydrogen (secondary N) is 2. The first-order valence-corrected chi connectivity index (χ1v) is 8.90. The van der Waals surface area contributed by atoms with Crippen LogP contribution in [0.3, 0.4) is 0 Å². The number of aliphatic hydroxyl groups is 1. The van der Waals surface area contributed by atoms with Crippen molar-refractivity contribution >= 4 is 29.1 Å². The van der Waals surface area contributed by atoms with Gasteiger partial charge >= 0.3 is 0 Å². The molecule has 0 bridgehead atoms. The van der Waals surface area contributed by atoms with Gasteiger partial charge in [-0.15, -0.1) is 0 Å². The van der Waals surface area contributed by atoms with E-state index in [-0.39, 0.29) is 17.9 Å². The first kappa shape index (κ1) is 17.0. The molecule has 3 rings (SSSR count). The number of halogens is 2. The summed E-state index contributed by atoms with van der Waals surface area (Å²) in [7, 11) is 0. The number of benzene rings is 1. The molecule has 23 heavy (non-hydrogen) atoms. The van der Waals surface area contributed by atoms with Gasteiger partial charge in [0.25, 0.3) is 0 Å². The quantitative estimate of drug-likeness (QED) is 0.777. The molecule has 1 amide bonds. The van der Waals surface area contributed by atoms with E-state index < -0.39 is 6.10 Å². The number of hydrogen-bond acceptors (Lipinski definition) is 3. The lowest BCUT2D eigenvalue weighted by Gasteiger charge is -2.37. The van der Waals surface area contributed by atoms with E-state index in [0.717, 1.165) is 32.4 Å². The molecule has 1 saturated heterocycles. The molecule has 3 N–H and O–H groups in total. The molecule has 6 heteroatoms. The van der Waals surface area contributed by atoms with Crippen LogP contribution in [0.15, 0.2) is 18.2 Å². The Labute approximate surface area is 146 Å². The fraction of sp³-hybridized carbons (Fsp3) is 0.588. The summed E-state index contributed by atoms with van der Waals surface area (Å²) in [5, 5.41) is 17.6. The average molecular weight is 357 g/mol. The van der Waals surface area contributed by atoms with Crippen LogP contribution in [0.25, 0.3) is 0 Å². The third-order valence-electron chi connectivity index (χ3n) is 5.22. The maximum Gasteiger partial charge on any atom is 0.227 e. The maximum absolute atomic E-state index is 12.8. The van der Waals surface area contributed by atoms with Crippen molar-refractivity contribution in [1.82, 2.24) is 10.6 Å². The molecule has 1 aromatic carbocycles. The van der Waals surface area contributed by atoms with Crippen molar-refractivity contribution in [2.45, 2.75) is 31.8 Å². The number of aliphatic hydroxyl groups excluding tert-OH is 1. The van der Waals surface area contributed by atoms with Gasteiger partial charge in [0.1, 0.15) is 0 Å². The molecular formula is C17H22Cl2N2O2. The Morgan fingerprint density at radius 3 is 2.83 bits per heavy atom. The topological polar surface area (TPSA) is 61.4 Å². The molecule has 126 valence electrons. The number of amides is 1. The summed E-state index contributed by atoms with van der Waals surface area (Å²) in [4.78, 5) is 12.8. The third kappa shape index (κ3) is 3.50. The Bertz CT molecular complexity index is 576. The minimum atomic E-state index is -0.817. The Hall–Kier alpha value is -0.810. The lowest BCUT2D eigenvalue weighted by Crippen LogP contribution is -2.48. The minimum absolute atomic E-state index is 0.0550. The van der Waals surface area contributed by atoms with Gasteiger partial charge in [0.2, 0.25) is 5.91 Å². The maximum atomic E-state index is 12.8. The van der Waals surface area contributed by atoms with Gasteiger partial charge in [0.15, 0.2) is 0 Å². The van der Waals surface area contributed by atoms with Crippen molar-refractivity contribution in [3.63, 3.8) is 0 Å². The van der Waals surface area contributed by atoms with Crippen LogP contribution in [0.4, 0.5) is 0 Å². The zero-order valence-corrected chi connectivity index (χ0v) is 14.5. The first-order chi connectivity index (χ1) is 11.0. The number of rotatable bonds is 4. The lowest BCUT2D eigenvalue weighted by atomic mass is 9.67. The van der Waals surface area contributed by atoms with Crippen molar-refractivity contribution in [2.24, 2.45) is 11.3 Å². The molecule has 1 aliphatic heterocycles. The second kappa shape index (κ2) is 6.98. The summed E-state index contributed by atoms with van der Waals surface area (Å²) in [5.74, 6) is 0.466. The molecule has 1 heterocycles. The fourth-order valence-corrected chi connectivity index (χ4v) is 4.48. The van der Waals surface area contributed by atoms with Crippen molar-refractivity contribution < 1.29 is 9.90 Å². The first-order valence-electron chi connectivity index (χ1n) is 8.14. The van der Waals surface area contributed by atoms with Gasteiger partial charge in [-0.3, -0.25) is 4.79 Å². The van der Waals surface area contributed by atoms with E-state index in [1.165, 1.54) is 6.42 Å². The van der Waals surface area contributed by atoms with E-state index in [0.29, 0.717) is 21.5 Å². The van der Waals surface area contributed by atoms with Crippen LogP contribution in [-0.2, 0) is 4.79 Å². The van der Waals surface area contributed by atoms with E-state index in [9.17, 15) is 9.90 Å². The van der Waals surface area contributed by atoms with Crippen LogP contribution in [0.2, 0.25) is 10.0 Å². The molecule has 0 aromatic heterocycles. The Balaban J connectivity index is 1.64. The third-order valence-corrected chi connectivity index (χ3v) is 5.65. The summed E-state index contributed by atoms with van der Waals surface area (Å²) >= 11 is 11.9. The standard InChI is InChI=1S/C17H22Cl2N2O2/c18-13-5-11(6-14(19)7-13)15(22)9-21-16(23)17-4-2-1-3-12(17)8-20-10-17/h5-7,12,15,20,22H,1-4,8-10H2,(H,21,23)/t12-,15?,17+/m0/s1. The van der Waals surface area contributed by atoms with Gasteiger partial charge in [-0.1, -0.05) is 36.0 Å². The van der Waals surface area contributed by atoms with Gasteiger partial charge in [-0.25, -0.2) is 0 Å². The highest BCUT2D eigenvalue weighted by atomic mass is 35.5. The van der Waals surface area contributed by atoms with Crippen molar-refractivity contribution in [3.05, 3.63) is 33.8 Å². The Kier molecular flexibility index (Phi) is 5.16. The molecule has 1 aromatic rings. The molecule has 4 nitrogen and oxygen atoms in total. The molecule has 2 fully saturated rings. The number of hydrogen-bond donors (Lipinski definition) is 3. The largest absolute Gasteiger partial charge is 0.387 e. The molecule has 2 aliphatic rings. The van der Waals surface area contributed by atoms with Gasteiger partial charge in [-0.05, 0) is 49.1 Å². The van der Waals surface area contributed by atoms with Crippen LogP contribution < -0.4 is 10.6 Å². The minimum Gasteiger partial charge on any atom is -0.387 e.